The highest BCUT2D eigenvalue weighted by Crippen LogP contribution is 2.42. The van der Waals surface area contributed by atoms with Gasteiger partial charge in [-0.25, -0.2) is 12.8 Å². The number of ketones is 1. The summed E-state index contributed by atoms with van der Waals surface area (Å²) in [4.78, 5) is 27.0. The topological polar surface area (TPSA) is 91.8 Å². The van der Waals surface area contributed by atoms with E-state index in [0.29, 0.717) is 11.1 Å². The Labute approximate surface area is 173 Å². The van der Waals surface area contributed by atoms with E-state index in [4.69, 9.17) is 0 Å². The fraction of sp³-hybridized carbons (Fsp3) is 0.273. The van der Waals surface area contributed by atoms with E-state index in [1.54, 1.807) is 30.3 Å². The molecule has 0 aromatic heterocycles. The number of nitrogens with zero attached hydrogens (tertiary/aromatic N) is 1. The molecule has 2 atom stereocenters. The normalized spacial score (nSPS) is 25.1. The minimum Gasteiger partial charge on any atom is -0.507 e. The van der Waals surface area contributed by atoms with Crippen molar-refractivity contribution in [3.8, 4) is 0 Å². The van der Waals surface area contributed by atoms with Crippen LogP contribution in [0.5, 0.6) is 0 Å². The molecular formula is C22H20FNO5S. The monoisotopic (exact) mass is 429 g/mol. The molecule has 2 aliphatic heterocycles. The van der Waals surface area contributed by atoms with E-state index in [9.17, 15) is 27.5 Å². The van der Waals surface area contributed by atoms with Gasteiger partial charge in [-0.3, -0.25) is 9.59 Å². The molecule has 6 nitrogen and oxygen atoms in total. The van der Waals surface area contributed by atoms with Gasteiger partial charge in [0.25, 0.3) is 11.7 Å². The third-order valence-corrected chi connectivity index (χ3v) is 7.32. The average molecular weight is 429 g/mol. The van der Waals surface area contributed by atoms with E-state index in [-0.39, 0.29) is 29.3 Å². The van der Waals surface area contributed by atoms with Crippen LogP contribution in [-0.2, 0) is 19.4 Å². The number of likely N-dealkylation sites (tertiary alicyclic amines) is 1. The lowest BCUT2D eigenvalue weighted by atomic mass is 9.94. The lowest BCUT2D eigenvalue weighted by molar-refractivity contribution is -0.141. The van der Waals surface area contributed by atoms with E-state index in [2.05, 4.69) is 0 Å². The number of carbonyl (C=O) groups excluding carboxylic acids is 2. The second kappa shape index (κ2) is 7.36. The van der Waals surface area contributed by atoms with Gasteiger partial charge in [-0.1, -0.05) is 42.0 Å². The van der Waals surface area contributed by atoms with Gasteiger partial charge in [-0.15, -0.1) is 0 Å². The molecule has 2 saturated heterocycles. The van der Waals surface area contributed by atoms with Crippen molar-refractivity contribution in [2.45, 2.75) is 25.4 Å². The molecule has 2 aromatic rings. The number of benzene rings is 2. The Hall–Kier alpha value is -3.00. The molecule has 2 heterocycles. The minimum absolute atomic E-state index is 0.0888. The van der Waals surface area contributed by atoms with Crippen molar-refractivity contribution >= 4 is 27.3 Å². The van der Waals surface area contributed by atoms with Gasteiger partial charge in [0.15, 0.2) is 9.84 Å². The van der Waals surface area contributed by atoms with E-state index < -0.39 is 39.4 Å². The molecule has 2 aromatic carbocycles. The smallest absolute Gasteiger partial charge is 0.295 e. The molecule has 0 bridgehead atoms. The first kappa shape index (κ1) is 20.3. The average Bonchev–Trinajstić information content (AvgIpc) is 3.18. The highest BCUT2D eigenvalue weighted by Gasteiger charge is 2.50. The van der Waals surface area contributed by atoms with Crippen LogP contribution in [-0.4, -0.2) is 47.7 Å². The van der Waals surface area contributed by atoms with Gasteiger partial charge in [-0.2, -0.15) is 0 Å². The summed E-state index contributed by atoms with van der Waals surface area (Å²) in [5.41, 5.74) is 1.43. The lowest BCUT2D eigenvalue weighted by Gasteiger charge is -2.30. The number of hydrogen-bond acceptors (Lipinski definition) is 5. The van der Waals surface area contributed by atoms with Crippen LogP contribution in [0.1, 0.15) is 29.2 Å². The van der Waals surface area contributed by atoms with Crippen LogP contribution in [0.4, 0.5) is 4.39 Å². The first-order valence-electron chi connectivity index (χ1n) is 9.51. The van der Waals surface area contributed by atoms with Crippen LogP contribution >= 0.6 is 0 Å². The molecule has 2 fully saturated rings. The molecule has 156 valence electrons. The van der Waals surface area contributed by atoms with Gasteiger partial charge in [0.2, 0.25) is 0 Å². The van der Waals surface area contributed by atoms with Crippen LogP contribution in [0.3, 0.4) is 0 Å². The van der Waals surface area contributed by atoms with Crippen molar-refractivity contribution in [3.05, 3.63) is 76.6 Å². The summed E-state index contributed by atoms with van der Waals surface area (Å²) in [5, 5.41) is 10.9. The van der Waals surface area contributed by atoms with Crippen LogP contribution in [0.15, 0.2) is 54.1 Å². The number of sulfone groups is 1. The maximum absolute atomic E-state index is 14.0. The van der Waals surface area contributed by atoms with E-state index in [1.807, 2.05) is 6.92 Å². The van der Waals surface area contributed by atoms with Crippen LogP contribution in [0.25, 0.3) is 5.76 Å². The van der Waals surface area contributed by atoms with Crippen LogP contribution < -0.4 is 0 Å². The molecule has 0 unspecified atom stereocenters. The van der Waals surface area contributed by atoms with Crippen molar-refractivity contribution in [1.29, 1.82) is 0 Å². The lowest BCUT2D eigenvalue weighted by Crippen LogP contribution is -2.40. The zero-order valence-electron chi connectivity index (χ0n) is 16.2. The molecule has 1 amide bonds. The number of aliphatic hydroxyl groups is 1. The first-order chi connectivity index (χ1) is 14.2. The highest BCUT2D eigenvalue weighted by molar-refractivity contribution is 7.91. The largest absolute Gasteiger partial charge is 0.507 e. The van der Waals surface area contributed by atoms with Crippen molar-refractivity contribution in [1.82, 2.24) is 4.90 Å². The maximum atomic E-state index is 14.0. The number of hydrogen-bond donors (Lipinski definition) is 1. The standard InChI is InChI=1S/C22H20FNO5S/c1-13-5-7-14(8-6-13)20(25)18-19(15-3-2-4-16(23)11-15)24(22(27)21(18)26)17-9-10-30(28,29)12-17/h2-8,11,17,19,25H,9-10,12H2,1H3/t17-,19-/m1/s1. The Bertz CT molecular complexity index is 1170. The van der Waals surface area contributed by atoms with Crippen molar-refractivity contribution in [2.24, 2.45) is 0 Å². The number of halogens is 1. The Kier molecular flexibility index (Phi) is 4.97. The summed E-state index contributed by atoms with van der Waals surface area (Å²) in [6, 6.07) is 10.4. The molecule has 30 heavy (non-hydrogen) atoms. The molecular weight excluding hydrogens is 409 g/mol. The van der Waals surface area contributed by atoms with Gasteiger partial charge < -0.3 is 10.0 Å². The van der Waals surface area contributed by atoms with Crippen molar-refractivity contribution in [3.63, 3.8) is 0 Å². The minimum atomic E-state index is -3.34. The Morgan fingerprint density at radius 1 is 1.13 bits per heavy atom. The summed E-state index contributed by atoms with van der Waals surface area (Å²) in [6.45, 7) is 1.87. The zero-order chi connectivity index (χ0) is 21.6. The summed E-state index contributed by atoms with van der Waals surface area (Å²) >= 11 is 0. The second-order valence-corrected chi connectivity index (χ2v) is 9.91. The predicted octanol–water partition coefficient (Wildman–Crippen LogP) is 2.74. The first-order valence-corrected chi connectivity index (χ1v) is 11.3. The van der Waals surface area contributed by atoms with Gasteiger partial charge in [0.05, 0.1) is 23.1 Å². The predicted molar refractivity (Wildman–Crippen MR) is 109 cm³/mol. The van der Waals surface area contributed by atoms with Gasteiger partial charge >= 0.3 is 0 Å². The summed E-state index contributed by atoms with van der Waals surface area (Å²) in [7, 11) is -3.34. The maximum Gasteiger partial charge on any atom is 0.295 e. The van der Waals surface area contributed by atoms with Crippen LogP contribution in [0, 0.1) is 12.7 Å². The molecule has 8 heteroatoms. The van der Waals surface area contributed by atoms with Gasteiger partial charge in [0, 0.05) is 11.6 Å². The highest BCUT2D eigenvalue weighted by atomic mass is 32.2. The number of aliphatic hydroxyl groups excluding tert-OH is 1. The van der Waals surface area contributed by atoms with Crippen LogP contribution in [0.2, 0.25) is 0 Å². The van der Waals surface area contributed by atoms with Gasteiger partial charge in [-0.05, 0) is 31.0 Å². The molecule has 0 saturated carbocycles. The third-order valence-electron chi connectivity index (χ3n) is 5.57. The molecule has 4 rings (SSSR count). The molecule has 0 aliphatic carbocycles. The molecule has 1 N–H and O–H groups in total. The Morgan fingerprint density at radius 2 is 1.83 bits per heavy atom. The summed E-state index contributed by atoms with van der Waals surface area (Å²) in [5.74, 6) is -3.09. The summed E-state index contributed by atoms with van der Waals surface area (Å²) in [6.07, 6.45) is 0.186. The molecule has 2 aliphatic rings. The van der Waals surface area contributed by atoms with Crippen molar-refractivity contribution < 1.29 is 27.5 Å². The molecule has 0 radical (unpaired) electrons. The summed E-state index contributed by atoms with van der Waals surface area (Å²) < 4.78 is 38.0. The number of carbonyl (C=O) groups is 2. The van der Waals surface area contributed by atoms with E-state index in [1.165, 1.54) is 23.1 Å². The zero-order valence-corrected chi connectivity index (χ0v) is 17.0. The Morgan fingerprint density at radius 3 is 2.43 bits per heavy atom. The second-order valence-electron chi connectivity index (χ2n) is 7.68. The van der Waals surface area contributed by atoms with Crippen molar-refractivity contribution in [2.75, 3.05) is 11.5 Å². The van der Waals surface area contributed by atoms with Gasteiger partial charge in [0.1, 0.15) is 11.6 Å². The van der Waals surface area contributed by atoms with E-state index >= 15 is 0 Å². The molecule has 0 spiro atoms. The SMILES string of the molecule is Cc1ccc(C(O)=C2C(=O)C(=O)N([C@@H]3CCS(=O)(=O)C3)[C@@H]2c2cccc(F)c2)cc1. The quantitative estimate of drug-likeness (QED) is 0.460. The number of rotatable bonds is 3. The fourth-order valence-corrected chi connectivity index (χ4v) is 5.80. The number of amides is 1. The number of aryl methyl sites for hydroxylation is 1. The number of Topliss-reactive ketones (excluding diaryl/α,β-unsaturated/α-hetero) is 1. The van der Waals surface area contributed by atoms with E-state index in [0.717, 1.165) is 5.56 Å². The Balaban J connectivity index is 1.90. The fourth-order valence-electron chi connectivity index (χ4n) is 4.09. The third kappa shape index (κ3) is 3.52.